The molecule has 28 heavy (non-hydrogen) atoms. The molecule has 3 rings (SSSR count). The molecule has 0 aromatic heterocycles. The van der Waals surface area contributed by atoms with E-state index in [0.717, 1.165) is 6.08 Å². The van der Waals surface area contributed by atoms with Crippen molar-refractivity contribution in [3.8, 4) is 11.5 Å². The number of fused-ring (bicyclic) bond motifs is 1. The quantitative estimate of drug-likeness (QED) is 0.648. The molecule has 0 saturated carbocycles. The van der Waals surface area contributed by atoms with Gasteiger partial charge in [-0.1, -0.05) is 18.5 Å². The number of ketones is 2. The number of aliphatic hydroxyl groups is 1. The molecule has 9 nitrogen and oxygen atoms in total. The normalized spacial score (nSPS) is 20.3. The number of rotatable bonds is 3. The number of benzene rings is 1. The van der Waals surface area contributed by atoms with Gasteiger partial charge in [0.25, 0.3) is 5.91 Å². The first-order chi connectivity index (χ1) is 13.2. The van der Waals surface area contributed by atoms with Crippen molar-refractivity contribution in [3.63, 3.8) is 0 Å². The van der Waals surface area contributed by atoms with Gasteiger partial charge in [0.15, 0.2) is 11.5 Å². The van der Waals surface area contributed by atoms with Crippen LogP contribution >= 0.6 is 11.6 Å². The van der Waals surface area contributed by atoms with Crippen LogP contribution in [0, 0.1) is 0 Å². The van der Waals surface area contributed by atoms with E-state index in [-0.39, 0.29) is 52.7 Å². The van der Waals surface area contributed by atoms with Crippen LogP contribution in [0.15, 0.2) is 17.9 Å². The lowest BCUT2D eigenvalue weighted by molar-refractivity contribution is -0.121. The molecule has 0 saturated heterocycles. The van der Waals surface area contributed by atoms with E-state index in [4.69, 9.17) is 21.1 Å². The Balaban J connectivity index is 2.05. The fourth-order valence-electron chi connectivity index (χ4n) is 3.05. The standard InChI is InChI=1S/C18H17ClN2O7/c1-3-12(24)20-21-17(26)9-7-10(27-2)13-15(14(9)19)28-18(16(13)25)5-4-8(22)6-11(18)23/h6-7,23H,3-5H2,1-2H3,(H,20,24)(H,21,26)/t18-/m0/s1. The summed E-state index contributed by atoms with van der Waals surface area (Å²) in [7, 11) is 1.29. The Hall–Kier alpha value is -3.07. The molecule has 0 unspecified atom stereocenters. The van der Waals surface area contributed by atoms with Gasteiger partial charge in [-0.05, 0) is 6.07 Å². The van der Waals surface area contributed by atoms with Crippen molar-refractivity contribution in [2.75, 3.05) is 7.11 Å². The zero-order valence-electron chi connectivity index (χ0n) is 15.1. The van der Waals surface area contributed by atoms with Crippen molar-refractivity contribution in [2.24, 2.45) is 0 Å². The van der Waals surface area contributed by atoms with Crippen LogP contribution in [-0.4, -0.2) is 41.2 Å². The van der Waals surface area contributed by atoms with E-state index >= 15 is 0 Å². The summed E-state index contributed by atoms with van der Waals surface area (Å²) in [6.45, 7) is 1.61. The van der Waals surface area contributed by atoms with Crippen LogP contribution in [0.5, 0.6) is 11.5 Å². The minimum Gasteiger partial charge on any atom is -0.507 e. The third-order valence-corrected chi connectivity index (χ3v) is 4.97. The predicted molar refractivity (Wildman–Crippen MR) is 96.5 cm³/mol. The number of aliphatic hydroxyl groups excluding tert-OH is 1. The molecule has 2 aliphatic rings. The van der Waals surface area contributed by atoms with Gasteiger partial charge in [-0.25, -0.2) is 0 Å². The third-order valence-electron chi connectivity index (χ3n) is 4.59. The Labute approximate surface area is 164 Å². The van der Waals surface area contributed by atoms with Gasteiger partial charge in [-0.3, -0.25) is 30.0 Å². The Bertz CT molecular complexity index is 940. The number of methoxy groups -OCH3 is 1. The van der Waals surface area contributed by atoms with Crippen molar-refractivity contribution in [2.45, 2.75) is 31.8 Å². The fourth-order valence-corrected chi connectivity index (χ4v) is 3.33. The lowest BCUT2D eigenvalue weighted by Gasteiger charge is -2.28. The van der Waals surface area contributed by atoms with Crippen LogP contribution in [0.1, 0.15) is 46.9 Å². The van der Waals surface area contributed by atoms with Gasteiger partial charge in [0.05, 0.1) is 17.7 Å². The molecule has 1 aliphatic heterocycles. The van der Waals surface area contributed by atoms with E-state index in [1.54, 1.807) is 6.92 Å². The number of amides is 2. The monoisotopic (exact) mass is 408 g/mol. The molecular weight excluding hydrogens is 392 g/mol. The van der Waals surface area contributed by atoms with Gasteiger partial charge in [-0.2, -0.15) is 0 Å². The molecule has 0 bridgehead atoms. The average molecular weight is 409 g/mol. The first-order valence-electron chi connectivity index (χ1n) is 8.42. The summed E-state index contributed by atoms with van der Waals surface area (Å²) in [6.07, 6.45) is 1.03. The first-order valence-corrected chi connectivity index (χ1v) is 8.80. The second kappa shape index (κ2) is 7.16. The molecule has 1 aromatic rings. The van der Waals surface area contributed by atoms with Crippen molar-refractivity contribution in [3.05, 3.63) is 34.1 Å². The average Bonchev–Trinajstić information content (AvgIpc) is 2.98. The Morgan fingerprint density at radius 1 is 1.36 bits per heavy atom. The molecule has 1 aliphatic carbocycles. The molecule has 3 N–H and O–H groups in total. The molecule has 0 radical (unpaired) electrons. The summed E-state index contributed by atoms with van der Waals surface area (Å²) < 4.78 is 10.9. The van der Waals surface area contributed by atoms with E-state index in [1.807, 2.05) is 0 Å². The minimum absolute atomic E-state index is 0.000115. The molecular formula is C18H17ClN2O7. The molecule has 0 fully saturated rings. The molecule has 1 atom stereocenters. The predicted octanol–water partition coefficient (Wildman–Crippen LogP) is 1.64. The zero-order valence-corrected chi connectivity index (χ0v) is 15.8. The van der Waals surface area contributed by atoms with Crippen molar-refractivity contribution in [1.82, 2.24) is 10.9 Å². The second-order valence-electron chi connectivity index (χ2n) is 6.25. The van der Waals surface area contributed by atoms with Gasteiger partial charge in [0, 0.05) is 25.3 Å². The number of halogens is 1. The van der Waals surface area contributed by atoms with E-state index < -0.39 is 29.0 Å². The van der Waals surface area contributed by atoms with Crippen LogP contribution in [0.2, 0.25) is 5.02 Å². The van der Waals surface area contributed by atoms with Crippen LogP contribution in [0.4, 0.5) is 0 Å². The summed E-state index contributed by atoms with van der Waals surface area (Å²) in [6, 6.07) is 1.24. The molecule has 1 spiro atoms. The summed E-state index contributed by atoms with van der Waals surface area (Å²) in [5.41, 5.74) is 2.50. The van der Waals surface area contributed by atoms with E-state index in [1.165, 1.54) is 13.2 Å². The van der Waals surface area contributed by atoms with E-state index in [2.05, 4.69) is 10.9 Å². The Morgan fingerprint density at radius 3 is 2.68 bits per heavy atom. The highest BCUT2D eigenvalue weighted by Crippen LogP contribution is 2.50. The highest BCUT2D eigenvalue weighted by molar-refractivity contribution is 6.37. The van der Waals surface area contributed by atoms with Crippen molar-refractivity contribution < 1.29 is 33.8 Å². The fraction of sp³-hybridized carbons (Fsp3) is 0.333. The Kier molecular flexibility index (Phi) is 5.03. The number of ether oxygens (including phenoxy) is 2. The number of carbonyl (C=O) groups is 4. The number of allylic oxidation sites excluding steroid dienone is 1. The van der Waals surface area contributed by atoms with Crippen LogP contribution in [0.3, 0.4) is 0 Å². The van der Waals surface area contributed by atoms with Gasteiger partial charge in [0.2, 0.25) is 17.3 Å². The largest absolute Gasteiger partial charge is 0.507 e. The SMILES string of the molecule is CCC(=O)NNC(=O)c1cc(OC)c2c(c1Cl)O[C@]1(CCC(=O)C=C1O)C2=O. The highest BCUT2D eigenvalue weighted by Gasteiger charge is 2.55. The topological polar surface area (TPSA) is 131 Å². The minimum atomic E-state index is -1.78. The lowest BCUT2D eigenvalue weighted by Crippen LogP contribution is -2.45. The zero-order chi connectivity index (χ0) is 20.6. The van der Waals surface area contributed by atoms with Crippen molar-refractivity contribution >= 4 is 35.0 Å². The Morgan fingerprint density at radius 2 is 2.07 bits per heavy atom. The van der Waals surface area contributed by atoms with Crippen LogP contribution < -0.4 is 20.3 Å². The summed E-state index contributed by atoms with van der Waals surface area (Å²) in [5, 5.41) is 10.1. The molecule has 148 valence electrons. The maximum absolute atomic E-state index is 13.0. The summed E-state index contributed by atoms with van der Waals surface area (Å²) in [5.74, 6) is -2.75. The van der Waals surface area contributed by atoms with Gasteiger partial charge in [-0.15, -0.1) is 0 Å². The maximum atomic E-state index is 13.0. The number of Topliss-reactive ketones (excluding diaryl/α,β-unsaturated/α-hetero) is 1. The van der Waals surface area contributed by atoms with E-state index in [0.29, 0.717) is 0 Å². The number of carbonyl (C=O) groups excluding carboxylic acids is 4. The maximum Gasteiger partial charge on any atom is 0.271 e. The molecule has 1 heterocycles. The molecule has 10 heteroatoms. The lowest BCUT2D eigenvalue weighted by atomic mass is 9.83. The smallest absolute Gasteiger partial charge is 0.271 e. The number of hydrazine groups is 1. The van der Waals surface area contributed by atoms with E-state index in [9.17, 15) is 24.3 Å². The van der Waals surface area contributed by atoms with Crippen LogP contribution in [-0.2, 0) is 9.59 Å². The highest BCUT2D eigenvalue weighted by atomic mass is 35.5. The molecule has 1 aromatic carbocycles. The number of nitrogens with one attached hydrogen (secondary N) is 2. The second-order valence-corrected chi connectivity index (χ2v) is 6.63. The van der Waals surface area contributed by atoms with Gasteiger partial charge < -0.3 is 14.6 Å². The van der Waals surface area contributed by atoms with Gasteiger partial charge >= 0.3 is 0 Å². The molecule has 2 amide bonds. The first kappa shape index (κ1) is 19.7. The third kappa shape index (κ3) is 2.97. The van der Waals surface area contributed by atoms with Gasteiger partial charge in [0.1, 0.15) is 17.1 Å². The van der Waals surface area contributed by atoms with Crippen LogP contribution in [0.25, 0.3) is 0 Å². The summed E-state index contributed by atoms with van der Waals surface area (Å²) >= 11 is 6.30. The number of hydrogen-bond acceptors (Lipinski definition) is 7. The number of hydrogen-bond donors (Lipinski definition) is 3. The summed E-state index contributed by atoms with van der Waals surface area (Å²) in [4.78, 5) is 48.3. The van der Waals surface area contributed by atoms with Crippen molar-refractivity contribution in [1.29, 1.82) is 0 Å².